The van der Waals surface area contributed by atoms with Crippen LogP contribution in [0.5, 0.6) is 0 Å². The molecule has 0 amide bonds. The van der Waals surface area contributed by atoms with Gasteiger partial charge in [-0.3, -0.25) is 18.6 Å². The third-order valence-corrected chi connectivity index (χ3v) is 9.87. The molecule has 3 atom stereocenters. The lowest BCUT2D eigenvalue weighted by Gasteiger charge is -2.20. The molecule has 0 aliphatic heterocycles. The second-order valence-corrected chi connectivity index (χ2v) is 15.5. The maximum atomic E-state index is 12.6. The highest BCUT2D eigenvalue weighted by Crippen LogP contribution is 2.43. The van der Waals surface area contributed by atoms with Gasteiger partial charge in [0.25, 0.3) is 0 Å². The molecule has 0 saturated heterocycles. The Hall–Kier alpha value is -1.29. The summed E-state index contributed by atoms with van der Waals surface area (Å²) in [6, 6.07) is 0. The van der Waals surface area contributed by atoms with Gasteiger partial charge < -0.3 is 24.6 Å². The molecule has 10 nitrogen and oxygen atoms in total. The maximum absolute atomic E-state index is 12.6. The number of hydrogen-bond donors (Lipinski definition) is 3. The highest BCUT2D eigenvalue weighted by Gasteiger charge is 2.27. The second-order valence-electron chi connectivity index (χ2n) is 14.0. The van der Waals surface area contributed by atoms with Crippen LogP contribution in [0.1, 0.15) is 194 Å². The Labute approximate surface area is 311 Å². The zero-order chi connectivity index (χ0) is 37.7. The van der Waals surface area contributed by atoms with Crippen molar-refractivity contribution in [2.75, 3.05) is 26.4 Å². The van der Waals surface area contributed by atoms with Crippen LogP contribution in [-0.4, -0.2) is 65.7 Å². The van der Waals surface area contributed by atoms with Crippen LogP contribution in [0, 0.1) is 0 Å². The van der Waals surface area contributed by atoms with Gasteiger partial charge in [-0.05, 0) is 38.5 Å². The molecule has 0 spiro atoms. The summed E-state index contributed by atoms with van der Waals surface area (Å²) in [5.41, 5.74) is 0. The largest absolute Gasteiger partial charge is 0.472 e. The molecule has 0 aliphatic carbocycles. The molecular formula is C40H77O10P. The highest BCUT2D eigenvalue weighted by atomic mass is 31.2. The Bertz CT molecular complexity index is 868. The van der Waals surface area contributed by atoms with Crippen LogP contribution >= 0.6 is 7.82 Å². The molecule has 0 bridgehead atoms. The summed E-state index contributed by atoms with van der Waals surface area (Å²) in [5.74, 6) is -0.922. The van der Waals surface area contributed by atoms with Gasteiger partial charge in [0, 0.05) is 12.8 Å². The van der Waals surface area contributed by atoms with Crippen LogP contribution in [0.15, 0.2) is 12.2 Å². The first-order chi connectivity index (χ1) is 24.7. The van der Waals surface area contributed by atoms with Crippen LogP contribution in [0.25, 0.3) is 0 Å². The quantitative estimate of drug-likeness (QED) is 0.0240. The van der Waals surface area contributed by atoms with E-state index in [-0.39, 0.29) is 19.4 Å². The number of phosphoric acid groups is 1. The molecule has 11 heteroatoms. The zero-order valence-electron chi connectivity index (χ0n) is 32.6. The van der Waals surface area contributed by atoms with E-state index in [0.717, 1.165) is 44.9 Å². The van der Waals surface area contributed by atoms with Crippen molar-refractivity contribution < 1.29 is 47.8 Å². The van der Waals surface area contributed by atoms with Gasteiger partial charge in [0.1, 0.15) is 12.7 Å². The average Bonchev–Trinajstić information content (AvgIpc) is 3.12. The van der Waals surface area contributed by atoms with E-state index < -0.39 is 51.8 Å². The first-order valence-corrected chi connectivity index (χ1v) is 22.1. The first-order valence-electron chi connectivity index (χ1n) is 20.6. The lowest BCUT2D eigenvalue weighted by Crippen LogP contribution is -2.29. The van der Waals surface area contributed by atoms with Crippen LogP contribution < -0.4 is 0 Å². The van der Waals surface area contributed by atoms with Crippen molar-refractivity contribution in [2.24, 2.45) is 0 Å². The van der Waals surface area contributed by atoms with Crippen LogP contribution in [0.2, 0.25) is 0 Å². The molecule has 0 aromatic heterocycles. The number of unbranched alkanes of at least 4 members (excludes halogenated alkanes) is 23. The monoisotopic (exact) mass is 749 g/mol. The number of allylic oxidation sites excluding steroid dienone is 2. The van der Waals surface area contributed by atoms with Crippen LogP contribution in [0.4, 0.5) is 0 Å². The number of carbonyl (C=O) groups excluding carboxylic acids is 2. The summed E-state index contributed by atoms with van der Waals surface area (Å²) in [6.07, 6.45) is 33.1. The summed E-state index contributed by atoms with van der Waals surface area (Å²) < 4.78 is 32.6. The minimum absolute atomic E-state index is 0.183. The fourth-order valence-electron chi connectivity index (χ4n) is 5.69. The molecule has 0 fully saturated rings. The summed E-state index contributed by atoms with van der Waals surface area (Å²) in [7, 11) is -4.61. The van der Waals surface area contributed by atoms with Crippen molar-refractivity contribution in [3.05, 3.63) is 12.2 Å². The Morgan fingerprint density at radius 2 is 0.961 bits per heavy atom. The van der Waals surface area contributed by atoms with Gasteiger partial charge in [-0.25, -0.2) is 4.57 Å². The number of esters is 2. The lowest BCUT2D eigenvalue weighted by atomic mass is 10.0. The number of aliphatic hydroxyl groups excluding tert-OH is 2. The molecule has 0 radical (unpaired) electrons. The van der Waals surface area contributed by atoms with E-state index >= 15 is 0 Å². The smallest absolute Gasteiger partial charge is 0.462 e. The van der Waals surface area contributed by atoms with Crippen molar-refractivity contribution in [3.8, 4) is 0 Å². The van der Waals surface area contributed by atoms with Crippen molar-refractivity contribution >= 4 is 19.8 Å². The molecule has 0 aliphatic rings. The predicted octanol–water partition coefficient (Wildman–Crippen LogP) is 10.4. The van der Waals surface area contributed by atoms with Crippen molar-refractivity contribution in [3.63, 3.8) is 0 Å². The number of rotatable bonds is 39. The first kappa shape index (κ1) is 49.7. The molecule has 0 rings (SSSR count). The van der Waals surface area contributed by atoms with E-state index in [0.29, 0.717) is 12.8 Å². The summed E-state index contributed by atoms with van der Waals surface area (Å²) >= 11 is 0. The maximum Gasteiger partial charge on any atom is 0.472 e. The van der Waals surface area contributed by atoms with Crippen molar-refractivity contribution in [1.82, 2.24) is 0 Å². The Balaban J connectivity index is 4.31. The molecule has 0 aromatic rings. The summed E-state index contributed by atoms with van der Waals surface area (Å²) in [5, 5.41) is 18.3. The molecule has 3 unspecified atom stereocenters. The Morgan fingerprint density at radius 3 is 1.43 bits per heavy atom. The van der Waals surface area contributed by atoms with Crippen LogP contribution in [-0.2, 0) is 32.7 Å². The fourth-order valence-corrected chi connectivity index (χ4v) is 6.48. The minimum Gasteiger partial charge on any atom is -0.462 e. The second kappa shape index (κ2) is 37.0. The summed E-state index contributed by atoms with van der Waals surface area (Å²) in [4.78, 5) is 34.9. The van der Waals surface area contributed by atoms with Gasteiger partial charge in [0.05, 0.1) is 19.8 Å². The van der Waals surface area contributed by atoms with Gasteiger partial charge in [-0.2, -0.15) is 0 Å². The van der Waals surface area contributed by atoms with Gasteiger partial charge in [0.15, 0.2) is 6.10 Å². The topological polar surface area (TPSA) is 149 Å². The SMILES string of the molecule is CCCCCCC=CCCCCCCCCCC(=O)OC(COC(=O)CCCCCCCCCCCCCCC)COP(=O)(O)OCC(O)CO. The van der Waals surface area contributed by atoms with Crippen LogP contribution in [0.3, 0.4) is 0 Å². The van der Waals surface area contributed by atoms with Gasteiger partial charge >= 0.3 is 19.8 Å². The van der Waals surface area contributed by atoms with Crippen molar-refractivity contribution in [2.45, 2.75) is 206 Å². The molecule has 302 valence electrons. The number of aliphatic hydroxyl groups is 2. The Morgan fingerprint density at radius 1 is 0.569 bits per heavy atom. The normalized spacial score (nSPS) is 14.1. The average molecular weight is 749 g/mol. The minimum atomic E-state index is -4.61. The molecule has 3 N–H and O–H groups in total. The predicted molar refractivity (Wildman–Crippen MR) is 205 cm³/mol. The fraction of sp³-hybridized carbons (Fsp3) is 0.900. The number of carbonyl (C=O) groups is 2. The molecule has 51 heavy (non-hydrogen) atoms. The van der Waals surface area contributed by atoms with E-state index in [1.54, 1.807) is 0 Å². The van der Waals surface area contributed by atoms with E-state index in [9.17, 15) is 24.2 Å². The third-order valence-electron chi connectivity index (χ3n) is 8.92. The third kappa shape index (κ3) is 36.8. The zero-order valence-corrected chi connectivity index (χ0v) is 33.5. The van der Waals surface area contributed by atoms with E-state index in [1.807, 2.05) is 0 Å². The number of phosphoric ester groups is 1. The number of hydrogen-bond acceptors (Lipinski definition) is 9. The van der Waals surface area contributed by atoms with E-state index in [1.165, 1.54) is 109 Å². The highest BCUT2D eigenvalue weighted by molar-refractivity contribution is 7.47. The van der Waals surface area contributed by atoms with Gasteiger partial charge in [-0.15, -0.1) is 0 Å². The molecule has 0 saturated carbocycles. The molecular weight excluding hydrogens is 671 g/mol. The standard InChI is InChI=1S/C40H77O10P/c1-3-5-7-9-11-13-15-17-18-20-22-24-26-28-30-32-40(44)50-38(36-49-51(45,46)48-34-37(42)33-41)35-47-39(43)31-29-27-25-23-21-19-16-14-12-10-8-6-4-2/h13,15,37-38,41-42H,3-12,14,16-36H2,1-2H3,(H,45,46). The van der Waals surface area contributed by atoms with Gasteiger partial charge in [-0.1, -0.05) is 154 Å². The molecule has 0 aromatic carbocycles. The molecule has 0 heterocycles. The summed E-state index contributed by atoms with van der Waals surface area (Å²) in [6.45, 7) is 2.37. The Kier molecular flexibility index (Phi) is 36.1. The van der Waals surface area contributed by atoms with Crippen molar-refractivity contribution in [1.29, 1.82) is 0 Å². The van der Waals surface area contributed by atoms with E-state index in [4.69, 9.17) is 19.1 Å². The van der Waals surface area contributed by atoms with E-state index in [2.05, 4.69) is 30.5 Å². The number of ether oxygens (including phenoxy) is 2. The lowest BCUT2D eigenvalue weighted by molar-refractivity contribution is -0.161. The van der Waals surface area contributed by atoms with Gasteiger partial charge in [0.2, 0.25) is 0 Å².